The number of hydrogen-bond donors (Lipinski definition) is 0. The van der Waals surface area contributed by atoms with Gasteiger partial charge >= 0.3 is 0 Å². The Labute approximate surface area is 194 Å². The summed E-state index contributed by atoms with van der Waals surface area (Å²) in [7, 11) is 0. The zero-order valence-corrected chi connectivity index (χ0v) is 19.2. The molecule has 0 atom stereocenters. The van der Waals surface area contributed by atoms with Crippen LogP contribution in [-0.4, -0.2) is 47.0 Å². The first-order valence-corrected chi connectivity index (χ1v) is 12.6. The Kier molecular flexibility index (Phi) is 5.00. The zero-order chi connectivity index (χ0) is 21.5. The minimum Gasteiger partial charge on any atom is -0.345 e. The quantitative estimate of drug-likeness (QED) is 0.423. The lowest BCUT2D eigenvalue weighted by molar-refractivity contribution is 0.0747. The Bertz CT molecular complexity index is 1300. The second kappa shape index (κ2) is 8.15. The Hall–Kier alpha value is -3.03. The molecule has 2 aliphatic rings. The molecule has 0 radical (unpaired) electrons. The highest BCUT2D eigenvalue weighted by molar-refractivity contribution is 7.13. The van der Waals surface area contributed by atoms with E-state index in [2.05, 4.69) is 33.5 Å². The molecule has 5 nitrogen and oxygen atoms in total. The van der Waals surface area contributed by atoms with Crippen molar-refractivity contribution in [2.24, 2.45) is 0 Å². The number of fused-ring (bicyclic) bond motifs is 2. The van der Waals surface area contributed by atoms with Crippen molar-refractivity contribution >= 4 is 56.3 Å². The molecule has 7 heteroatoms. The minimum absolute atomic E-state index is 0.135. The fourth-order valence-corrected chi connectivity index (χ4v) is 6.08. The van der Waals surface area contributed by atoms with E-state index in [0.717, 1.165) is 58.8 Å². The number of aromatic nitrogens is 2. The normalized spacial score (nSPS) is 17.3. The van der Waals surface area contributed by atoms with Crippen LogP contribution in [0.4, 0.5) is 5.13 Å². The summed E-state index contributed by atoms with van der Waals surface area (Å²) in [6.07, 6.45) is 5.86. The summed E-state index contributed by atoms with van der Waals surface area (Å²) >= 11 is 3.38. The van der Waals surface area contributed by atoms with Gasteiger partial charge in [-0.25, -0.2) is 9.97 Å². The van der Waals surface area contributed by atoms with Gasteiger partial charge in [-0.2, -0.15) is 0 Å². The van der Waals surface area contributed by atoms with E-state index in [9.17, 15) is 4.79 Å². The van der Waals surface area contributed by atoms with Crippen molar-refractivity contribution in [2.45, 2.75) is 12.8 Å². The van der Waals surface area contributed by atoms with E-state index in [-0.39, 0.29) is 5.91 Å². The van der Waals surface area contributed by atoms with Crippen LogP contribution in [0.15, 0.2) is 53.4 Å². The predicted molar refractivity (Wildman–Crippen MR) is 132 cm³/mol. The Morgan fingerprint density at radius 2 is 1.84 bits per heavy atom. The van der Waals surface area contributed by atoms with Gasteiger partial charge in [0.05, 0.1) is 16.8 Å². The lowest BCUT2D eigenvalue weighted by Crippen LogP contribution is -2.49. The molecule has 1 saturated heterocycles. The molecule has 6 rings (SSSR count). The summed E-state index contributed by atoms with van der Waals surface area (Å²) in [5.41, 5.74) is 5.09. The van der Waals surface area contributed by atoms with Crippen molar-refractivity contribution in [3.8, 4) is 0 Å². The molecule has 0 unspecified atom stereocenters. The highest BCUT2D eigenvalue weighted by Crippen LogP contribution is 2.38. The van der Waals surface area contributed by atoms with Crippen LogP contribution in [0, 0.1) is 0 Å². The maximum absolute atomic E-state index is 13.8. The number of anilines is 1. The molecule has 0 N–H and O–H groups in total. The van der Waals surface area contributed by atoms with Crippen LogP contribution < -0.4 is 4.90 Å². The zero-order valence-electron chi connectivity index (χ0n) is 17.5. The summed E-state index contributed by atoms with van der Waals surface area (Å²) in [6, 6.07) is 12.3. The van der Waals surface area contributed by atoms with Crippen molar-refractivity contribution < 1.29 is 4.79 Å². The number of piperazine rings is 1. The topological polar surface area (TPSA) is 49.3 Å². The second-order valence-electron chi connectivity index (χ2n) is 8.11. The van der Waals surface area contributed by atoms with Crippen LogP contribution in [0.25, 0.3) is 22.6 Å². The lowest BCUT2D eigenvalue weighted by Gasteiger charge is -2.35. The lowest BCUT2D eigenvalue weighted by atomic mass is 9.99. The van der Waals surface area contributed by atoms with Crippen LogP contribution in [0.1, 0.15) is 32.9 Å². The summed E-state index contributed by atoms with van der Waals surface area (Å²) < 4.78 is 0. The first kappa shape index (κ1) is 19.6. The third kappa shape index (κ3) is 3.42. The number of carbonyl (C=O) groups is 1. The molecular weight excluding hydrogens is 436 g/mol. The van der Waals surface area contributed by atoms with Gasteiger partial charge in [0, 0.05) is 48.0 Å². The average molecular weight is 459 g/mol. The number of thiophene rings is 1. The van der Waals surface area contributed by atoms with E-state index in [1.165, 1.54) is 10.5 Å². The number of amides is 1. The van der Waals surface area contributed by atoms with E-state index in [4.69, 9.17) is 4.98 Å². The third-order valence-corrected chi connectivity index (χ3v) is 7.92. The molecule has 0 saturated carbocycles. The number of pyridine rings is 1. The maximum atomic E-state index is 13.8. The van der Waals surface area contributed by atoms with Crippen LogP contribution in [-0.2, 0) is 6.42 Å². The molecule has 1 fully saturated rings. The van der Waals surface area contributed by atoms with Gasteiger partial charge in [-0.15, -0.1) is 22.7 Å². The standard InChI is InChI=1S/C25H22N4OS2/c30-24(28-10-12-29(13-11-28)25-26-9-15-32-25)22-19-5-1-2-6-21(19)27-23-17(7-8-20(22)23)16-18-4-3-14-31-18/h1-6,9,14-16H,7-8,10-13H2. The van der Waals surface area contributed by atoms with Gasteiger partial charge in [-0.1, -0.05) is 24.3 Å². The molecule has 1 amide bonds. The largest absolute Gasteiger partial charge is 0.345 e. The van der Waals surface area contributed by atoms with Gasteiger partial charge in [0.15, 0.2) is 5.13 Å². The number of benzene rings is 1. The van der Waals surface area contributed by atoms with Crippen molar-refractivity contribution in [2.75, 3.05) is 31.1 Å². The van der Waals surface area contributed by atoms with Gasteiger partial charge in [-0.3, -0.25) is 4.79 Å². The number of para-hydroxylation sites is 1. The molecule has 4 aromatic rings. The molecule has 4 heterocycles. The monoisotopic (exact) mass is 458 g/mol. The van der Waals surface area contributed by atoms with Gasteiger partial charge in [-0.05, 0) is 47.6 Å². The van der Waals surface area contributed by atoms with Crippen LogP contribution >= 0.6 is 22.7 Å². The van der Waals surface area contributed by atoms with Crippen LogP contribution in [0.5, 0.6) is 0 Å². The molecular formula is C25H22N4OS2. The van der Waals surface area contributed by atoms with Gasteiger partial charge < -0.3 is 9.80 Å². The number of nitrogens with zero attached hydrogens (tertiary/aromatic N) is 4. The predicted octanol–water partition coefficient (Wildman–Crippen LogP) is 5.20. The summed E-state index contributed by atoms with van der Waals surface area (Å²) in [6.45, 7) is 3.05. The SMILES string of the molecule is O=C(c1c2c(nc3ccccc13)C(=Cc1cccs1)CC2)N1CCN(c2nccs2)CC1. The van der Waals surface area contributed by atoms with Crippen molar-refractivity contribution in [1.82, 2.24) is 14.9 Å². The van der Waals surface area contributed by atoms with Gasteiger partial charge in [0.2, 0.25) is 0 Å². The molecule has 0 bridgehead atoms. The molecule has 1 aliphatic heterocycles. The number of rotatable bonds is 3. The third-order valence-electron chi connectivity index (χ3n) is 6.27. The highest BCUT2D eigenvalue weighted by atomic mass is 32.1. The molecule has 1 aliphatic carbocycles. The smallest absolute Gasteiger partial charge is 0.255 e. The summed E-state index contributed by atoms with van der Waals surface area (Å²) in [5.74, 6) is 0.135. The number of thiazole rings is 1. The first-order valence-electron chi connectivity index (χ1n) is 10.9. The Balaban J connectivity index is 1.37. The van der Waals surface area contributed by atoms with E-state index in [1.807, 2.05) is 40.7 Å². The van der Waals surface area contributed by atoms with Crippen LogP contribution in [0.3, 0.4) is 0 Å². The summed E-state index contributed by atoms with van der Waals surface area (Å²) in [5, 5.41) is 6.10. The summed E-state index contributed by atoms with van der Waals surface area (Å²) in [4.78, 5) is 28.8. The van der Waals surface area contributed by atoms with E-state index in [1.54, 1.807) is 22.7 Å². The molecule has 32 heavy (non-hydrogen) atoms. The van der Waals surface area contributed by atoms with Gasteiger partial charge in [0.25, 0.3) is 5.91 Å². The van der Waals surface area contributed by atoms with Gasteiger partial charge in [0.1, 0.15) is 0 Å². The number of carbonyl (C=O) groups excluding carboxylic acids is 1. The number of hydrogen-bond acceptors (Lipinski definition) is 6. The molecule has 1 aromatic carbocycles. The fraction of sp³-hybridized carbons (Fsp3) is 0.240. The van der Waals surface area contributed by atoms with Crippen molar-refractivity contribution in [3.05, 3.63) is 75.1 Å². The molecule has 160 valence electrons. The highest BCUT2D eigenvalue weighted by Gasteiger charge is 2.31. The minimum atomic E-state index is 0.135. The van der Waals surface area contributed by atoms with Crippen molar-refractivity contribution in [3.63, 3.8) is 0 Å². The Morgan fingerprint density at radius 1 is 0.969 bits per heavy atom. The van der Waals surface area contributed by atoms with E-state index >= 15 is 0 Å². The van der Waals surface area contributed by atoms with E-state index in [0.29, 0.717) is 13.1 Å². The fourth-order valence-electron chi connectivity index (χ4n) is 4.70. The van der Waals surface area contributed by atoms with Crippen LogP contribution in [0.2, 0.25) is 0 Å². The second-order valence-corrected chi connectivity index (χ2v) is 9.96. The Morgan fingerprint density at radius 3 is 2.62 bits per heavy atom. The van der Waals surface area contributed by atoms with Crippen molar-refractivity contribution in [1.29, 1.82) is 0 Å². The molecule has 3 aromatic heterocycles. The maximum Gasteiger partial charge on any atom is 0.255 e. The first-order chi connectivity index (χ1) is 15.8. The number of allylic oxidation sites excluding steroid dienone is 1. The van der Waals surface area contributed by atoms with E-state index < -0.39 is 0 Å². The molecule has 0 spiro atoms. The average Bonchev–Trinajstić information content (AvgIpc) is 3.61.